The summed E-state index contributed by atoms with van der Waals surface area (Å²) in [5, 5.41) is 9.39. The molecule has 0 aromatic heterocycles. The topological polar surface area (TPSA) is 20.2 Å². The van der Waals surface area contributed by atoms with Crippen LogP contribution in [0, 0.1) is 11.8 Å². The molecule has 1 saturated carbocycles. The quantitative estimate of drug-likeness (QED) is 0.638. The number of rotatable bonds is 4. The first-order valence-electron chi connectivity index (χ1n) is 4.47. The van der Waals surface area contributed by atoms with Crippen molar-refractivity contribution in [2.24, 2.45) is 11.8 Å². The van der Waals surface area contributed by atoms with Gasteiger partial charge in [0.15, 0.2) is 0 Å². The highest BCUT2D eigenvalue weighted by Gasteiger charge is 2.40. The third-order valence-corrected chi connectivity index (χ3v) is 2.55. The molecule has 0 bridgehead atoms. The second kappa shape index (κ2) is 3.38. The maximum absolute atomic E-state index is 9.39. The van der Waals surface area contributed by atoms with Crippen LogP contribution in [0.15, 0.2) is 0 Å². The van der Waals surface area contributed by atoms with E-state index in [0.29, 0.717) is 5.92 Å². The Balaban J connectivity index is 2.12. The summed E-state index contributed by atoms with van der Waals surface area (Å²) in [6, 6.07) is 0. The molecule has 10 heavy (non-hydrogen) atoms. The van der Waals surface area contributed by atoms with Crippen molar-refractivity contribution in [1.82, 2.24) is 0 Å². The first-order chi connectivity index (χ1) is 4.79. The van der Waals surface area contributed by atoms with Gasteiger partial charge >= 0.3 is 0 Å². The van der Waals surface area contributed by atoms with Crippen LogP contribution in [0.4, 0.5) is 0 Å². The lowest BCUT2D eigenvalue weighted by Crippen LogP contribution is -2.08. The predicted octanol–water partition coefficient (Wildman–Crippen LogP) is 2.19. The van der Waals surface area contributed by atoms with Crippen molar-refractivity contribution >= 4 is 0 Å². The van der Waals surface area contributed by atoms with Gasteiger partial charge in [-0.2, -0.15) is 0 Å². The van der Waals surface area contributed by atoms with Crippen molar-refractivity contribution in [3.63, 3.8) is 0 Å². The Hall–Kier alpha value is -0.0400. The molecule has 1 N–H and O–H groups in total. The molecule has 1 rings (SSSR count). The second-order valence-corrected chi connectivity index (χ2v) is 3.42. The van der Waals surface area contributed by atoms with Gasteiger partial charge in [0.25, 0.3) is 0 Å². The van der Waals surface area contributed by atoms with Crippen LogP contribution in [0.1, 0.15) is 39.5 Å². The Morgan fingerprint density at radius 3 is 2.70 bits per heavy atom. The van der Waals surface area contributed by atoms with Crippen molar-refractivity contribution in [1.29, 1.82) is 0 Å². The van der Waals surface area contributed by atoms with E-state index in [1.807, 2.05) is 0 Å². The van der Waals surface area contributed by atoms with E-state index in [0.717, 1.165) is 12.3 Å². The van der Waals surface area contributed by atoms with Gasteiger partial charge in [-0.1, -0.05) is 26.7 Å². The SMILES string of the molecule is CCC[C@@H]1C[C@H]1[C@@H](O)CC. The Morgan fingerprint density at radius 2 is 2.20 bits per heavy atom. The normalized spacial score (nSPS) is 33.9. The van der Waals surface area contributed by atoms with Crippen LogP contribution in [0.2, 0.25) is 0 Å². The lowest BCUT2D eigenvalue weighted by atomic mass is 10.1. The lowest BCUT2D eigenvalue weighted by molar-refractivity contribution is 0.140. The van der Waals surface area contributed by atoms with Crippen molar-refractivity contribution in [2.45, 2.75) is 45.6 Å². The number of aliphatic hydroxyl groups is 1. The second-order valence-electron chi connectivity index (χ2n) is 3.42. The molecule has 0 aromatic carbocycles. The molecule has 1 aliphatic carbocycles. The van der Waals surface area contributed by atoms with Crippen LogP contribution in [-0.4, -0.2) is 11.2 Å². The summed E-state index contributed by atoms with van der Waals surface area (Å²) in [5.74, 6) is 1.52. The van der Waals surface area contributed by atoms with E-state index in [9.17, 15) is 5.11 Å². The summed E-state index contributed by atoms with van der Waals surface area (Å²) in [6.45, 7) is 4.28. The summed E-state index contributed by atoms with van der Waals surface area (Å²) >= 11 is 0. The van der Waals surface area contributed by atoms with Crippen molar-refractivity contribution < 1.29 is 5.11 Å². The first kappa shape index (κ1) is 8.06. The van der Waals surface area contributed by atoms with Crippen LogP contribution >= 0.6 is 0 Å². The largest absolute Gasteiger partial charge is 0.393 e. The molecule has 0 unspecified atom stereocenters. The van der Waals surface area contributed by atoms with Crippen molar-refractivity contribution in [3.05, 3.63) is 0 Å². The third kappa shape index (κ3) is 1.72. The third-order valence-electron chi connectivity index (χ3n) is 2.55. The Morgan fingerprint density at radius 1 is 1.50 bits per heavy atom. The molecule has 1 fully saturated rings. The van der Waals surface area contributed by atoms with Crippen LogP contribution < -0.4 is 0 Å². The fourth-order valence-electron chi connectivity index (χ4n) is 1.75. The molecule has 1 aliphatic rings. The number of hydrogen-bond donors (Lipinski definition) is 1. The minimum absolute atomic E-state index is 0.00319. The molecular weight excluding hydrogens is 124 g/mol. The molecule has 0 amide bonds. The summed E-state index contributed by atoms with van der Waals surface area (Å²) in [7, 11) is 0. The van der Waals surface area contributed by atoms with E-state index >= 15 is 0 Å². The van der Waals surface area contributed by atoms with E-state index < -0.39 is 0 Å². The van der Waals surface area contributed by atoms with E-state index in [4.69, 9.17) is 0 Å². The zero-order chi connectivity index (χ0) is 7.56. The highest BCUT2D eigenvalue weighted by atomic mass is 16.3. The fraction of sp³-hybridized carbons (Fsp3) is 1.00. The van der Waals surface area contributed by atoms with E-state index in [-0.39, 0.29) is 6.10 Å². The minimum atomic E-state index is -0.00319. The molecule has 3 atom stereocenters. The van der Waals surface area contributed by atoms with Gasteiger partial charge in [0.1, 0.15) is 0 Å². The average Bonchev–Trinajstić information content (AvgIpc) is 2.67. The van der Waals surface area contributed by atoms with Crippen LogP contribution in [-0.2, 0) is 0 Å². The summed E-state index contributed by atoms with van der Waals surface area (Å²) in [4.78, 5) is 0. The van der Waals surface area contributed by atoms with Gasteiger partial charge in [-0.25, -0.2) is 0 Å². The van der Waals surface area contributed by atoms with Crippen LogP contribution in [0.5, 0.6) is 0 Å². The average molecular weight is 142 g/mol. The fourth-order valence-corrected chi connectivity index (χ4v) is 1.75. The van der Waals surface area contributed by atoms with E-state index in [1.54, 1.807) is 0 Å². The molecule has 0 aromatic rings. The van der Waals surface area contributed by atoms with Gasteiger partial charge in [0.2, 0.25) is 0 Å². The van der Waals surface area contributed by atoms with Gasteiger partial charge in [-0.3, -0.25) is 0 Å². The molecule has 0 spiro atoms. The van der Waals surface area contributed by atoms with Gasteiger partial charge in [-0.15, -0.1) is 0 Å². The summed E-state index contributed by atoms with van der Waals surface area (Å²) in [5.41, 5.74) is 0. The summed E-state index contributed by atoms with van der Waals surface area (Å²) in [6.07, 6.45) is 4.81. The smallest absolute Gasteiger partial charge is 0.0568 e. The van der Waals surface area contributed by atoms with Gasteiger partial charge in [-0.05, 0) is 24.7 Å². The Labute approximate surface area is 63.4 Å². The zero-order valence-electron chi connectivity index (χ0n) is 7.01. The molecular formula is C9H18O. The zero-order valence-corrected chi connectivity index (χ0v) is 7.01. The summed E-state index contributed by atoms with van der Waals surface area (Å²) < 4.78 is 0. The predicted molar refractivity (Wildman–Crippen MR) is 42.8 cm³/mol. The first-order valence-corrected chi connectivity index (χ1v) is 4.47. The maximum Gasteiger partial charge on any atom is 0.0568 e. The monoisotopic (exact) mass is 142 g/mol. The lowest BCUT2D eigenvalue weighted by Gasteiger charge is -2.04. The van der Waals surface area contributed by atoms with E-state index in [2.05, 4.69) is 13.8 Å². The molecule has 0 radical (unpaired) electrons. The molecule has 1 heteroatoms. The molecule has 1 nitrogen and oxygen atoms in total. The molecule has 0 heterocycles. The van der Waals surface area contributed by atoms with Crippen LogP contribution in [0.3, 0.4) is 0 Å². The van der Waals surface area contributed by atoms with E-state index in [1.165, 1.54) is 19.3 Å². The molecule has 0 aliphatic heterocycles. The maximum atomic E-state index is 9.39. The van der Waals surface area contributed by atoms with Gasteiger partial charge in [0.05, 0.1) is 6.10 Å². The Bertz CT molecular complexity index is 101. The van der Waals surface area contributed by atoms with Crippen LogP contribution in [0.25, 0.3) is 0 Å². The molecule has 0 saturated heterocycles. The van der Waals surface area contributed by atoms with Crippen molar-refractivity contribution in [3.8, 4) is 0 Å². The molecule has 60 valence electrons. The highest BCUT2D eigenvalue weighted by Crippen LogP contribution is 2.45. The van der Waals surface area contributed by atoms with Crippen molar-refractivity contribution in [2.75, 3.05) is 0 Å². The minimum Gasteiger partial charge on any atom is -0.393 e. The number of aliphatic hydroxyl groups excluding tert-OH is 1. The standard InChI is InChI=1S/C9H18O/c1-3-5-7-6-8(7)9(10)4-2/h7-10H,3-6H2,1-2H3/t7-,8-,9+/m1/s1. The van der Waals surface area contributed by atoms with Gasteiger partial charge < -0.3 is 5.11 Å². The van der Waals surface area contributed by atoms with Gasteiger partial charge in [0, 0.05) is 0 Å². The number of hydrogen-bond acceptors (Lipinski definition) is 1. The Kier molecular flexibility index (Phi) is 2.72. The highest BCUT2D eigenvalue weighted by molar-refractivity contribution is 4.90.